The van der Waals surface area contributed by atoms with Crippen LogP contribution >= 0.6 is 0 Å². The van der Waals surface area contributed by atoms with E-state index in [1.165, 1.54) is 12.8 Å². The number of carbonyl (C=O) groups is 1. The molecule has 2 aromatic heterocycles. The molecule has 2 fully saturated rings. The SMILES string of the molecule is COc1ccc(-c2c(C(=O)N3CCN(C4CCN(C)CC4)CC3)nc3ccccn23)cc1. The highest BCUT2D eigenvalue weighted by molar-refractivity contribution is 5.99. The minimum Gasteiger partial charge on any atom is -0.497 e. The second-order valence-corrected chi connectivity index (χ2v) is 8.83. The average molecular weight is 434 g/mol. The summed E-state index contributed by atoms with van der Waals surface area (Å²) >= 11 is 0. The number of piperazine rings is 1. The smallest absolute Gasteiger partial charge is 0.274 e. The second-order valence-electron chi connectivity index (χ2n) is 8.83. The number of rotatable bonds is 4. The standard InChI is InChI=1S/C25H31N5O2/c1-27-13-10-20(11-14-27)28-15-17-29(18-16-28)25(31)23-24(19-6-8-21(32-2)9-7-19)30-12-4-3-5-22(30)26-23/h3-9,12,20H,10-11,13-18H2,1-2H3. The first-order valence-corrected chi connectivity index (χ1v) is 11.5. The monoisotopic (exact) mass is 433 g/mol. The highest BCUT2D eigenvalue weighted by atomic mass is 16.5. The lowest BCUT2D eigenvalue weighted by Gasteiger charge is -2.42. The van der Waals surface area contributed by atoms with Crippen molar-refractivity contribution in [2.45, 2.75) is 18.9 Å². The first-order valence-electron chi connectivity index (χ1n) is 11.5. The van der Waals surface area contributed by atoms with Crippen LogP contribution in [-0.4, -0.2) is 89.5 Å². The molecule has 1 amide bonds. The van der Waals surface area contributed by atoms with Crippen molar-refractivity contribution >= 4 is 11.6 Å². The normalized spacial score (nSPS) is 18.9. The van der Waals surface area contributed by atoms with Gasteiger partial charge < -0.3 is 14.5 Å². The molecule has 5 rings (SSSR count). The van der Waals surface area contributed by atoms with Crippen molar-refractivity contribution in [3.05, 3.63) is 54.4 Å². The average Bonchev–Trinajstić information content (AvgIpc) is 3.24. The number of imidazole rings is 1. The molecule has 3 aromatic rings. The Kier molecular flexibility index (Phi) is 5.85. The van der Waals surface area contributed by atoms with Gasteiger partial charge in [-0.2, -0.15) is 0 Å². The number of piperidine rings is 1. The van der Waals surface area contributed by atoms with Gasteiger partial charge in [0.25, 0.3) is 5.91 Å². The number of amides is 1. The van der Waals surface area contributed by atoms with Gasteiger partial charge in [0, 0.05) is 44.0 Å². The minimum absolute atomic E-state index is 0.0162. The number of pyridine rings is 1. The molecule has 0 N–H and O–H groups in total. The van der Waals surface area contributed by atoms with Crippen LogP contribution < -0.4 is 4.74 Å². The highest BCUT2D eigenvalue weighted by Gasteiger charge is 2.31. The Morgan fingerprint density at radius 2 is 1.69 bits per heavy atom. The molecular weight excluding hydrogens is 402 g/mol. The lowest BCUT2D eigenvalue weighted by Crippen LogP contribution is -2.54. The van der Waals surface area contributed by atoms with Gasteiger partial charge in [0.05, 0.1) is 12.8 Å². The molecule has 32 heavy (non-hydrogen) atoms. The summed E-state index contributed by atoms with van der Waals surface area (Å²) in [6.07, 6.45) is 4.41. The second kappa shape index (κ2) is 8.92. The molecule has 0 bridgehead atoms. The van der Waals surface area contributed by atoms with Crippen molar-refractivity contribution in [3.8, 4) is 17.0 Å². The summed E-state index contributed by atoms with van der Waals surface area (Å²) in [5.41, 5.74) is 3.10. The summed E-state index contributed by atoms with van der Waals surface area (Å²) in [5.74, 6) is 0.808. The van der Waals surface area contributed by atoms with Crippen molar-refractivity contribution in [1.82, 2.24) is 24.1 Å². The third kappa shape index (κ3) is 3.98. The van der Waals surface area contributed by atoms with Gasteiger partial charge in [-0.15, -0.1) is 0 Å². The van der Waals surface area contributed by atoms with Crippen LogP contribution in [0.5, 0.6) is 5.75 Å². The molecule has 7 heteroatoms. The maximum absolute atomic E-state index is 13.6. The molecule has 2 aliphatic heterocycles. The molecule has 0 spiro atoms. The van der Waals surface area contributed by atoms with E-state index in [-0.39, 0.29) is 5.91 Å². The Hall–Kier alpha value is -2.90. The van der Waals surface area contributed by atoms with Gasteiger partial charge in [-0.25, -0.2) is 4.98 Å². The van der Waals surface area contributed by atoms with E-state index < -0.39 is 0 Å². The fourth-order valence-electron chi connectivity index (χ4n) is 4.97. The van der Waals surface area contributed by atoms with E-state index >= 15 is 0 Å². The first kappa shape index (κ1) is 21.0. The van der Waals surface area contributed by atoms with E-state index in [0.717, 1.165) is 61.9 Å². The molecule has 2 aliphatic rings. The van der Waals surface area contributed by atoms with E-state index in [2.05, 4.69) is 16.8 Å². The first-order chi connectivity index (χ1) is 15.6. The zero-order valence-electron chi connectivity index (χ0n) is 18.9. The van der Waals surface area contributed by atoms with Gasteiger partial charge in [0.2, 0.25) is 0 Å². The summed E-state index contributed by atoms with van der Waals surface area (Å²) in [4.78, 5) is 25.3. The fourth-order valence-corrected chi connectivity index (χ4v) is 4.97. The van der Waals surface area contributed by atoms with Crippen LogP contribution in [0.3, 0.4) is 0 Å². The zero-order valence-corrected chi connectivity index (χ0v) is 18.9. The molecular formula is C25H31N5O2. The molecule has 2 saturated heterocycles. The van der Waals surface area contributed by atoms with Crippen molar-refractivity contribution in [3.63, 3.8) is 0 Å². The van der Waals surface area contributed by atoms with Gasteiger partial charge in [-0.05, 0) is 69.4 Å². The third-order valence-corrected chi connectivity index (χ3v) is 6.90. The summed E-state index contributed by atoms with van der Waals surface area (Å²) < 4.78 is 7.31. The molecule has 4 heterocycles. The minimum atomic E-state index is 0.0162. The predicted molar refractivity (Wildman–Crippen MR) is 125 cm³/mol. The van der Waals surface area contributed by atoms with Crippen molar-refractivity contribution in [2.75, 3.05) is 53.4 Å². The van der Waals surface area contributed by atoms with Crippen LogP contribution in [0, 0.1) is 0 Å². The van der Waals surface area contributed by atoms with Crippen molar-refractivity contribution in [2.24, 2.45) is 0 Å². The van der Waals surface area contributed by atoms with E-state index in [9.17, 15) is 4.79 Å². The largest absolute Gasteiger partial charge is 0.497 e. The molecule has 7 nitrogen and oxygen atoms in total. The lowest BCUT2D eigenvalue weighted by atomic mass is 10.0. The summed E-state index contributed by atoms with van der Waals surface area (Å²) in [6, 6.07) is 14.3. The number of benzene rings is 1. The summed E-state index contributed by atoms with van der Waals surface area (Å²) in [5, 5.41) is 0. The fraction of sp³-hybridized carbons (Fsp3) is 0.440. The predicted octanol–water partition coefficient (Wildman–Crippen LogP) is 2.86. The Bertz CT molecular complexity index is 1080. The number of nitrogens with zero attached hydrogens (tertiary/aromatic N) is 5. The Morgan fingerprint density at radius 3 is 2.38 bits per heavy atom. The summed E-state index contributed by atoms with van der Waals surface area (Å²) in [7, 11) is 3.85. The Morgan fingerprint density at radius 1 is 0.969 bits per heavy atom. The number of carbonyl (C=O) groups excluding carboxylic acids is 1. The Balaban J connectivity index is 1.38. The quantitative estimate of drug-likeness (QED) is 0.633. The van der Waals surface area contributed by atoms with E-state index in [0.29, 0.717) is 11.7 Å². The van der Waals surface area contributed by atoms with Crippen LogP contribution in [-0.2, 0) is 0 Å². The van der Waals surface area contributed by atoms with Crippen LogP contribution in [0.4, 0.5) is 0 Å². The Labute approximate surface area is 189 Å². The maximum atomic E-state index is 13.6. The maximum Gasteiger partial charge on any atom is 0.274 e. The number of ether oxygens (including phenoxy) is 1. The van der Waals surface area contributed by atoms with Gasteiger partial charge in [-0.1, -0.05) is 6.07 Å². The molecule has 0 atom stereocenters. The van der Waals surface area contributed by atoms with Crippen molar-refractivity contribution in [1.29, 1.82) is 0 Å². The van der Waals surface area contributed by atoms with E-state index in [4.69, 9.17) is 9.72 Å². The molecule has 0 saturated carbocycles. The third-order valence-electron chi connectivity index (χ3n) is 6.90. The zero-order chi connectivity index (χ0) is 22.1. The molecule has 0 radical (unpaired) electrons. The van der Waals surface area contributed by atoms with Crippen LogP contribution in [0.15, 0.2) is 48.7 Å². The number of hydrogen-bond acceptors (Lipinski definition) is 5. The summed E-state index contributed by atoms with van der Waals surface area (Å²) in [6.45, 7) is 5.70. The van der Waals surface area contributed by atoms with Gasteiger partial charge in [0.1, 0.15) is 11.4 Å². The van der Waals surface area contributed by atoms with Gasteiger partial charge in [0.15, 0.2) is 5.69 Å². The topological polar surface area (TPSA) is 53.3 Å². The highest BCUT2D eigenvalue weighted by Crippen LogP contribution is 2.28. The molecule has 1 aromatic carbocycles. The van der Waals surface area contributed by atoms with Gasteiger partial charge >= 0.3 is 0 Å². The van der Waals surface area contributed by atoms with Gasteiger partial charge in [-0.3, -0.25) is 14.1 Å². The number of likely N-dealkylation sites (tertiary alicyclic amines) is 1. The molecule has 0 unspecified atom stereocenters. The van der Waals surface area contributed by atoms with E-state index in [1.807, 2.05) is 58.0 Å². The number of fused-ring (bicyclic) bond motifs is 1. The van der Waals surface area contributed by atoms with E-state index in [1.54, 1.807) is 7.11 Å². The lowest BCUT2D eigenvalue weighted by molar-refractivity contribution is 0.0472. The molecule has 0 aliphatic carbocycles. The van der Waals surface area contributed by atoms with Crippen LogP contribution in [0.1, 0.15) is 23.3 Å². The number of hydrogen-bond donors (Lipinski definition) is 0. The number of aromatic nitrogens is 2. The van der Waals surface area contributed by atoms with Crippen LogP contribution in [0.2, 0.25) is 0 Å². The molecule has 168 valence electrons. The number of methoxy groups -OCH3 is 1. The van der Waals surface area contributed by atoms with Crippen LogP contribution in [0.25, 0.3) is 16.9 Å². The van der Waals surface area contributed by atoms with Crippen molar-refractivity contribution < 1.29 is 9.53 Å².